The Morgan fingerprint density at radius 3 is 2.12 bits per heavy atom. The molecule has 0 amide bonds. The molecule has 2 aromatic carbocycles. The van der Waals surface area contributed by atoms with E-state index in [0.29, 0.717) is 5.56 Å². The van der Waals surface area contributed by atoms with E-state index in [1.54, 1.807) is 23.9 Å². The highest BCUT2D eigenvalue weighted by atomic mass is 32.2. The lowest BCUT2D eigenvalue weighted by molar-refractivity contribution is 0.0600. The highest BCUT2D eigenvalue weighted by molar-refractivity contribution is 7.99. The molecule has 0 saturated heterocycles. The first kappa shape index (κ1) is 11.7. The van der Waals surface area contributed by atoms with Crippen LogP contribution >= 0.6 is 11.8 Å². The number of hydrogen-bond acceptors (Lipinski definition) is 3. The number of carbonyl (C=O) groups is 1. The van der Waals surface area contributed by atoms with Gasteiger partial charge in [0.1, 0.15) is 0 Å². The first-order valence-corrected chi connectivity index (χ1v) is 6.02. The van der Waals surface area contributed by atoms with Gasteiger partial charge in [0.05, 0.1) is 12.7 Å². The van der Waals surface area contributed by atoms with Crippen molar-refractivity contribution in [3.05, 3.63) is 60.2 Å². The van der Waals surface area contributed by atoms with E-state index in [0.717, 1.165) is 4.90 Å². The maximum atomic E-state index is 11.3. The maximum absolute atomic E-state index is 11.3. The van der Waals surface area contributed by atoms with Gasteiger partial charge in [-0.15, -0.1) is 0 Å². The molecule has 0 atom stereocenters. The lowest BCUT2D eigenvalue weighted by atomic mass is 10.2. The van der Waals surface area contributed by atoms with Crippen LogP contribution in [0.1, 0.15) is 10.4 Å². The molecule has 0 spiro atoms. The third kappa shape index (κ3) is 3.11. The van der Waals surface area contributed by atoms with Crippen molar-refractivity contribution in [3.8, 4) is 0 Å². The minimum atomic E-state index is -0.304. The van der Waals surface area contributed by atoms with Crippen molar-refractivity contribution in [2.45, 2.75) is 9.79 Å². The van der Waals surface area contributed by atoms with E-state index in [2.05, 4.69) is 16.9 Å². The Morgan fingerprint density at radius 1 is 0.941 bits per heavy atom. The number of hydrogen-bond donors (Lipinski definition) is 0. The van der Waals surface area contributed by atoms with Crippen molar-refractivity contribution in [1.29, 1.82) is 0 Å². The average molecular weight is 244 g/mol. The number of benzene rings is 2. The zero-order valence-electron chi connectivity index (χ0n) is 9.42. The monoisotopic (exact) mass is 244 g/mol. The number of esters is 1. The lowest BCUT2D eigenvalue weighted by Gasteiger charge is -2.02. The third-order valence-corrected chi connectivity index (χ3v) is 3.27. The zero-order valence-corrected chi connectivity index (χ0v) is 10.2. The quantitative estimate of drug-likeness (QED) is 0.771. The van der Waals surface area contributed by atoms with Gasteiger partial charge in [0.15, 0.2) is 0 Å². The van der Waals surface area contributed by atoms with Crippen LogP contribution in [-0.2, 0) is 4.74 Å². The minimum Gasteiger partial charge on any atom is -0.465 e. The van der Waals surface area contributed by atoms with Crippen LogP contribution in [0.15, 0.2) is 64.4 Å². The lowest BCUT2D eigenvalue weighted by Crippen LogP contribution is -2.00. The Kier molecular flexibility index (Phi) is 3.83. The Bertz CT molecular complexity index is 491. The second-order valence-corrected chi connectivity index (χ2v) is 4.58. The Labute approximate surface area is 105 Å². The van der Waals surface area contributed by atoms with Crippen molar-refractivity contribution in [3.63, 3.8) is 0 Å². The highest BCUT2D eigenvalue weighted by Crippen LogP contribution is 2.27. The molecule has 0 saturated carbocycles. The van der Waals surface area contributed by atoms with Gasteiger partial charge in [-0.05, 0) is 36.4 Å². The fourth-order valence-corrected chi connectivity index (χ4v) is 2.24. The summed E-state index contributed by atoms with van der Waals surface area (Å²) in [6.45, 7) is 0. The van der Waals surface area contributed by atoms with E-state index in [1.165, 1.54) is 12.0 Å². The first-order chi connectivity index (χ1) is 8.29. The van der Waals surface area contributed by atoms with Gasteiger partial charge in [-0.1, -0.05) is 30.0 Å². The van der Waals surface area contributed by atoms with Crippen LogP contribution in [-0.4, -0.2) is 13.1 Å². The second-order valence-electron chi connectivity index (χ2n) is 3.43. The smallest absolute Gasteiger partial charge is 0.337 e. The topological polar surface area (TPSA) is 26.3 Å². The molecule has 17 heavy (non-hydrogen) atoms. The predicted octanol–water partition coefficient (Wildman–Crippen LogP) is 3.62. The molecule has 0 aliphatic rings. The molecule has 86 valence electrons. The van der Waals surface area contributed by atoms with Crippen molar-refractivity contribution in [2.24, 2.45) is 0 Å². The van der Waals surface area contributed by atoms with Gasteiger partial charge in [-0.25, -0.2) is 4.79 Å². The molecule has 0 aliphatic carbocycles. The van der Waals surface area contributed by atoms with E-state index in [-0.39, 0.29) is 5.97 Å². The highest BCUT2D eigenvalue weighted by Gasteiger charge is 2.04. The van der Waals surface area contributed by atoms with Gasteiger partial charge in [0, 0.05) is 9.79 Å². The molecule has 0 fully saturated rings. The molecular weight excluding hydrogens is 232 g/mol. The fraction of sp³-hybridized carbons (Fsp3) is 0.0714. The molecule has 0 bridgehead atoms. The summed E-state index contributed by atoms with van der Waals surface area (Å²) in [4.78, 5) is 13.5. The minimum absolute atomic E-state index is 0.304. The average Bonchev–Trinajstić information content (AvgIpc) is 2.40. The van der Waals surface area contributed by atoms with Gasteiger partial charge >= 0.3 is 5.97 Å². The van der Waals surface area contributed by atoms with E-state index in [4.69, 9.17) is 0 Å². The summed E-state index contributed by atoms with van der Waals surface area (Å²) in [7, 11) is 1.38. The Balaban J connectivity index is 2.11. The SMILES string of the molecule is COC(=O)c1ccc(Sc2ccccc2)cc1. The fourth-order valence-electron chi connectivity index (χ4n) is 1.40. The Morgan fingerprint density at radius 2 is 1.53 bits per heavy atom. The number of methoxy groups -OCH3 is 1. The van der Waals surface area contributed by atoms with E-state index in [9.17, 15) is 4.79 Å². The number of ether oxygens (including phenoxy) is 1. The van der Waals surface area contributed by atoms with Crippen LogP contribution in [0.5, 0.6) is 0 Å². The summed E-state index contributed by atoms with van der Waals surface area (Å²) < 4.78 is 4.65. The molecule has 2 rings (SSSR count). The van der Waals surface area contributed by atoms with Crippen LogP contribution in [0.25, 0.3) is 0 Å². The summed E-state index contributed by atoms with van der Waals surface area (Å²) in [5.41, 5.74) is 0.574. The van der Waals surface area contributed by atoms with Gasteiger partial charge in [0.25, 0.3) is 0 Å². The maximum Gasteiger partial charge on any atom is 0.337 e. The summed E-state index contributed by atoms with van der Waals surface area (Å²) in [5, 5.41) is 0. The normalized spacial score (nSPS) is 9.94. The zero-order chi connectivity index (χ0) is 12.1. The van der Waals surface area contributed by atoms with Crippen LogP contribution in [0.3, 0.4) is 0 Å². The molecule has 0 unspecified atom stereocenters. The number of carbonyl (C=O) groups excluding carboxylic acids is 1. The van der Waals surface area contributed by atoms with E-state index >= 15 is 0 Å². The Hall–Kier alpha value is -1.74. The molecule has 0 N–H and O–H groups in total. The standard InChI is InChI=1S/C14H12O2S/c1-16-14(15)11-7-9-13(10-8-11)17-12-5-3-2-4-6-12/h2-10H,1H3. The van der Waals surface area contributed by atoms with Crippen LogP contribution < -0.4 is 0 Å². The van der Waals surface area contributed by atoms with Crippen molar-refractivity contribution in [1.82, 2.24) is 0 Å². The third-order valence-electron chi connectivity index (χ3n) is 2.25. The van der Waals surface area contributed by atoms with Gasteiger partial charge in [0.2, 0.25) is 0 Å². The molecule has 2 nitrogen and oxygen atoms in total. The van der Waals surface area contributed by atoms with Gasteiger partial charge in [-0.2, -0.15) is 0 Å². The molecule has 0 aliphatic heterocycles. The molecule has 0 heterocycles. The summed E-state index contributed by atoms with van der Waals surface area (Å²) in [6, 6.07) is 17.5. The molecule has 3 heteroatoms. The molecule has 0 radical (unpaired) electrons. The number of rotatable bonds is 3. The van der Waals surface area contributed by atoms with E-state index < -0.39 is 0 Å². The van der Waals surface area contributed by atoms with Crippen molar-refractivity contribution >= 4 is 17.7 Å². The van der Waals surface area contributed by atoms with Gasteiger partial charge < -0.3 is 4.74 Å². The van der Waals surface area contributed by atoms with Crippen molar-refractivity contribution < 1.29 is 9.53 Å². The van der Waals surface area contributed by atoms with Gasteiger partial charge in [-0.3, -0.25) is 0 Å². The molecule has 0 aromatic heterocycles. The second kappa shape index (κ2) is 5.55. The predicted molar refractivity (Wildman–Crippen MR) is 68.3 cm³/mol. The van der Waals surface area contributed by atoms with E-state index in [1.807, 2.05) is 30.3 Å². The van der Waals surface area contributed by atoms with Crippen LogP contribution in [0.4, 0.5) is 0 Å². The summed E-state index contributed by atoms with van der Waals surface area (Å²) in [6.07, 6.45) is 0. The van der Waals surface area contributed by atoms with Crippen LogP contribution in [0.2, 0.25) is 0 Å². The largest absolute Gasteiger partial charge is 0.465 e. The summed E-state index contributed by atoms with van der Waals surface area (Å²) >= 11 is 1.66. The summed E-state index contributed by atoms with van der Waals surface area (Å²) in [5.74, 6) is -0.304. The molecular formula is C14H12O2S. The van der Waals surface area contributed by atoms with Crippen LogP contribution in [0, 0.1) is 0 Å². The first-order valence-electron chi connectivity index (χ1n) is 5.21. The molecule has 2 aromatic rings. The van der Waals surface area contributed by atoms with Crippen molar-refractivity contribution in [2.75, 3.05) is 7.11 Å².